The van der Waals surface area contributed by atoms with E-state index < -0.39 is 10.0 Å². The van der Waals surface area contributed by atoms with E-state index in [1.165, 1.54) is 16.6 Å². The molecule has 0 aliphatic rings. The molecule has 7 heteroatoms. The Morgan fingerprint density at radius 1 is 1.28 bits per heavy atom. The summed E-state index contributed by atoms with van der Waals surface area (Å²) >= 11 is 5.81. The number of aromatic nitrogens is 1. The third-order valence-electron chi connectivity index (χ3n) is 2.49. The Hall–Kier alpha value is -0.690. The standard InChI is InChI=1S/C11H18ClN3O2S/c1-14(2)8-5-9-15(3)18(16,17)10-6-4-7-13-11(10)12/h4,6-7H,5,8-9H2,1-3H3. The molecule has 0 spiro atoms. The molecule has 0 N–H and O–H groups in total. The maximum absolute atomic E-state index is 12.2. The monoisotopic (exact) mass is 291 g/mol. The smallest absolute Gasteiger partial charge is 0.245 e. The molecule has 0 saturated carbocycles. The summed E-state index contributed by atoms with van der Waals surface area (Å²) in [5, 5.41) is 0.0111. The summed E-state index contributed by atoms with van der Waals surface area (Å²) in [5.74, 6) is 0. The predicted octanol–water partition coefficient (Wildman–Crippen LogP) is 1.31. The van der Waals surface area contributed by atoms with Crippen LogP contribution in [-0.2, 0) is 10.0 Å². The number of hydrogen-bond donors (Lipinski definition) is 0. The highest BCUT2D eigenvalue weighted by atomic mass is 35.5. The molecule has 0 amide bonds. The summed E-state index contributed by atoms with van der Waals surface area (Å²) in [6, 6.07) is 3.03. The van der Waals surface area contributed by atoms with E-state index in [0.29, 0.717) is 6.54 Å². The van der Waals surface area contributed by atoms with Gasteiger partial charge in [-0.3, -0.25) is 0 Å². The largest absolute Gasteiger partial charge is 0.309 e. The van der Waals surface area contributed by atoms with Crippen molar-refractivity contribution in [3.63, 3.8) is 0 Å². The van der Waals surface area contributed by atoms with Gasteiger partial charge in [-0.2, -0.15) is 0 Å². The van der Waals surface area contributed by atoms with Gasteiger partial charge in [0.05, 0.1) is 0 Å². The van der Waals surface area contributed by atoms with Gasteiger partial charge in [-0.1, -0.05) is 11.6 Å². The van der Waals surface area contributed by atoms with E-state index in [1.54, 1.807) is 13.1 Å². The van der Waals surface area contributed by atoms with E-state index in [9.17, 15) is 8.42 Å². The number of sulfonamides is 1. The average molecular weight is 292 g/mol. The summed E-state index contributed by atoms with van der Waals surface area (Å²) in [4.78, 5) is 5.85. The Morgan fingerprint density at radius 2 is 1.94 bits per heavy atom. The van der Waals surface area contributed by atoms with Gasteiger partial charge in [-0.15, -0.1) is 0 Å². The molecule has 1 aromatic rings. The van der Waals surface area contributed by atoms with Gasteiger partial charge in [0.15, 0.2) is 0 Å². The zero-order valence-corrected chi connectivity index (χ0v) is 12.4. The second-order valence-corrected chi connectivity index (χ2v) is 6.65. The Morgan fingerprint density at radius 3 is 2.50 bits per heavy atom. The van der Waals surface area contributed by atoms with Crippen LogP contribution < -0.4 is 0 Å². The average Bonchev–Trinajstić information content (AvgIpc) is 2.28. The first-order valence-corrected chi connectivity index (χ1v) is 7.39. The Kier molecular flexibility index (Phi) is 5.52. The molecule has 0 atom stereocenters. The molecule has 18 heavy (non-hydrogen) atoms. The topological polar surface area (TPSA) is 53.5 Å². The maximum Gasteiger partial charge on any atom is 0.245 e. The molecule has 102 valence electrons. The zero-order valence-electron chi connectivity index (χ0n) is 10.8. The van der Waals surface area contributed by atoms with E-state index in [-0.39, 0.29) is 10.0 Å². The van der Waals surface area contributed by atoms with E-state index >= 15 is 0 Å². The number of hydrogen-bond acceptors (Lipinski definition) is 4. The third-order valence-corrected chi connectivity index (χ3v) is 4.79. The van der Waals surface area contributed by atoms with Crippen molar-refractivity contribution in [1.82, 2.24) is 14.2 Å². The van der Waals surface area contributed by atoms with E-state index in [1.807, 2.05) is 19.0 Å². The molecule has 0 saturated heterocycles. The van der Waals surface area contributed by atoms with Crippen LogP contribution >= 0.6 is 11.6 Å². The molecule has 0 aromatic carbocycles. The molecule has 5 nitrogen and oxygen atoms in total. The molecule has 0 fully saturated rings. The van der Waals surface area contributed by atoms with Gasteiger partial charge in [0.2, 0.25) is 10.0 Å². The fraction of sp³-hybridized carbons (Fsp3) is 0.545. The van der Waals surface area contributed by atoms with Crippen molar-refractivity contribution < 1.29 is 8.42 Å². The van der Waals surface area contributed by atoms with Crippen LogP contribution in [0, 0.1) is 0 Å². The molecule has 0 aliphatic carbocycles. The molecule has 0 bridgehead atoms. The highest BCUT2D eigenvalue weighted by molar-refractivity contribution is 7.89. The van der Waals surface area contributed by atoms with Crippen LogP contribution in [0.25, 0.3) is 0 Å². The normalized spacial score (nSPS) is 12.3. The number of rotatable bonds is 6. The lowest BCUT2D eigenvalue weighted by molar-refractivity contribution is 0.370. The maximum atomic E-state index is 12.2. The molecule has 1 aromatic heterocycles. The summed E-state index contributed by atoms with van der Waals surface area (Å²) in [5.41, 5.74) is 0. The highest BCUT2D eigenvalue weighted by Crippen LogP contribution is 2.21. The van der Waals surface area contributed by atoms with Crippen LogP contribution in [0.3, 0.4) is 0 Å². The van der Waals surface area contributed by atoms with Crippen LogP contribution in [0.2, 0.25) is 5.15 Å². The van der Waals surface area contributed by atoms with Crippen molar-refractivity contribution in [2.75, 3.05) is 34.2 Å². The van der Waals surface area contributed by atoms with Gasteiger partial charge >= 0.3 is 0 Å². The first-order valence-electron chi connectivity index (χ1n) is 5.57. The van der Waals surface area contributed by atoms with E-state index in [2.05, 4.69) is 4.98 Å². The lowest BCUT2D eigenvalue weighted by Crippen LogP contribution is -2.30. The van der Waals surface area contributed by atoms with Crippen molar-refractivity contribution in [3.05, 3.63) is 23.5 Å². The van der Waals surface area contributed by atoms with Gasteiger partial charge in [0, 0.05) is 19.8 Å². The second kappa shape index (κ2) is 6.47. The Labute approximate surface area is 113 Å². The van der Waals surface area contributed by atoms with Crippen molar-refractivity contribution in [1.29, 1.82) is 0 Å². The lowest BCUT2D eigenvalue weighted by Gasteiger charge is -2.18. The first kappa shape index (κ1) is 15.4. The Balaban J connectivity index is 2.78. The van der Waals surface area contributed by atoms with Crippen LogP contribution in [0.4, 0.5) is 0 Å². The zero-order chi connectivity index (χ0) is 13.8. The van der Waals surface area contributed by atoms with Crippen LogP contribution in [-0.4, -0.2) is 56.8 Å². The SMILES string of the molecule is CN(C)CCCN(C)S(=O)(=O)c1cccnc1Cl. The van der Waals surface area contributed by atoms with Crippen LogP contribution in [0.5, 0.6) is 0 Å². The molecular formula is C11H18ClN3O2S. The third kappa shape index (κ3) is 3.91. The second-order valence-electron chi connectivity index (χ2n) is 4.28. The minimum absolute atomic E-state index is 0.0111. The lowest BCUT2D eigenvalue weighted by atomic mass is 10.4. The molecule has 1 heterocycles. The molecule has 0 radical (unpaired) electrons. The van der Waals surface area contributed by atoms with E-state index in [4.69, 9.17) is 11.6 Å². The minimum Gasteiger partial charge on any atom is -0.309 e. The van der Waals surface area contributed by atoms with Gasteiger partial charge in [-0.25, -0.2) is 17.7 Å². The Bertz CT molecular complexity index is 491. The van der Waals surface area contributed by atoms with Crippen molar-refractivity contribution in [2.24, 2.45) is 0 Å². The molecular weight excluding hydrogens is 274 g/mol. The number of pyridine rings is 1. The number of nitrogens with zero attached hydrogens (tertiary/aromatic N) is 3. The van der Waals surface area contributed by atoms with Crippen molar-refractivity contribution in [3.8, 4) is 0 Å². The van der Waals surface area contributed by atoms with Crippen molar-refractivity contribution in [2.45, 2.75) is 11.3 Å². The summed E-state index contributed by atoms with van der Waals surface area (Å²) in [7, 11) is 1.90. The van der Waals surface area contributed by atoms with Crippen molar-refractivity contribution >= 4 is 21.6 Å². The van der Waals surface area contributed by atoms with Gasteiger partial charge in [-0.05, 0) is 39.2 Å². The highest BCUT2D eigenvalue weighted by Gasteiger charge is 2.23. The summed E-state index contributed by atoms with van der Waals surface area (Å²) in [6.07, 6.45) is 2.23. The number of halogens is 1. The minimum atomic E-state index is -3.55. The first-order chi connectivity index (χ1) is 8.35. The predicted molar refractivity (Wildman–Crippen MR) is 72.2 cm³/mol. The molecule has 0 aliphatic heterocycles. The summed E-state index contributed by atoms with van der Waals surface area (Å²) in [6.45, 7) is 1.28. The molecule has 0 unspecified atom stereocenters. The van der Waals surface area contributed by atoms with Gasteiger partial charge in [0.1, 0.15) is 10.0 Å². The fourth-order valence-electron chi connectivity index (χ4n) is 1.46. The van der Waals surface area contributed by atoms with Gasteiger partial charge < -0.3 is 4.90 Å². The molecule has 1 rings (SSSR count). The van der Waals surface area contributed by atoms with Gasteiger partial charge in [0.25, 0.3) is 0 Å². The summed E-state index contributed by atoms with van der Waals surface area (Å²) < 4.78 is 25.7. The van der Waals surface area contributed by atoms with Crippen LogP contribution in [0.15, 0.2) is 23.2 Å². The van der Waals surface area contributed by atoms with Crippen LogP contribution in [0.1, 0.15) is 6.42 Å². The fourth-order valence-corrected chi connectivity index (χ4v) is 3.09. The quantitative estimate of drug-likeness (QED) is 0.742. The van der Waals surface area contributed by atoms with E-state index in [0.717, 1.165) is 13.0 Å².